The van der Waals surface area contributed by atoms with Gasteiger partial charge in [-0.1, -0.05) is 67.8 Å². The number of halogens is 3. The van der Waals surface area contributed by atoms with E-state index >= 15 is 0 Å². The van der Waals surface area contributed by atoms with Crippen molar-refractivity contribution >= 4 is 11.9 Å². The minimum atomic E-state index is -4.78. The van der Waals surface area contributed by atoms with E-state index in [9.17, 15) is 22.8 Å². The first-order valence-corrected chi connectivity index (χ1v) is 14.0. The number of rotatable bonds is 13. The molecule has 0 aliphatic carbocycles. The fourth-order valence-corrected chi connectivity index (χ4v) is 4.29. The highest BCUT2D eigenvalue weighted by atomic mass is 19.4. The first-order valence-electron chi connectivity index (χ1n) is 14.0. The number of alkyl halides is 3. The van der Waals surface area contributed by atoms with E-state index in [1.807, 2.05) is 12.1 Å². The highest BCUT2D eigenvalue weighted by Gasteiger charge is 2.39. The molecule has 0 heterocycles. The van der Waals surface area contributed by atoms with Gasteiger partial charge in [-0.3, -0.25) is 0 Å². The maximum Gasteiger partial charge on any atom is 0.419 e. The van der Waals surface area contributed by atoms with Crippen molar-refractivity contribution in [3.05, 3.63) is 108 Å². The standard InChI is InChI=1S/C35H37F3O7/c1-8-20-42-30-28(35(36,37)38)19-14-25(29(30)31(39)45-33(3,4)5)22-44-27-17-12-24(13-18-27)23-10-15-26(16-11-23)34(6,41-7)32(40)43-21-9-2/h8-19H,1-2,20-22H2,3-7H3. The Morgan fingerprint density at radius 2 is 1.38 bits per heavy atom. The molecule has 7 nitrogen and oxygen atoms in total. The van der Waals surface area contributed by atoms with Crippen LogP contribution < -0.4 is 9.47 Å². The van der Waals surface area contributed by atoms with Gasteiger partial charge in [0.1, 0.15) is 42.5 Å². The third-order valence-corrected chi connectivity index (χ3v) is 6.65. The van der Waals surface area contributed by atoms with E-state index in [0.29, 0.717) is 11.3 Å². The quantitative estimate of drug-likeness (QED) is 0.140. The first-order chi connectivity index (χ1) is 21.1. The maximum atomic E-state index is 13.9. The Bertz CT molecular complexity index is 1500. The topological polar surface area (TPSA) is 80.3 Å². The molecular formula is C35H37F3O7. The molecule has 1 atom stereocenters. The normalized spacial score (nSPS) is 12.9. The van der Waals surface area contributed by atoms with Gasteiger partial charge in [0, 0.05) is 12.7 Å². The highest BCUT2D eigenvalue weighted by Crippen LogP contribution is 2.41. The van der Waals surface area contributed by atoms with E-state index in [4.69, 9.17) is 23.7 Å². The Hall–Kier alpha value is -4.57. The van der Waals surface area contributed by atoms with Gasteiger partial charge >= 0.3 is 18.1 Å². The number of hydrogen-bond donors (Lipinski definition) is 0. The Morgan fingerprint density at radius 3 is 1.89 bits per heavy atom. The Labute approximate surface area is 261 Å². The molecule has 0 N–H and O–H groups in total. The van der Waals surface area contributed by atoms with Crippen LogP contribution in [0.25, 0.3) is 11.1 Å². The smallest absolute Gasteiger partial charge is 0.419 e. The molecule has 1 unspecified atom stereocenters. The van der Waals surface area contributed by atoms with Crippen molar-refractivity contribution in [1.29, 1.82) is 0 Å². The summed E-state index contributed by atoms with van der Waals surface area (Å²) < 4.78 is 69.0. The molecule has 0 fully saturated rings. The van der Waals surface area contributed by atoms with Crippen LogP contribution in [0.15, 0.2) is 86.0 Å². The predicted molar refractivity (Wildman–Crippen MR) is 164 cm³/mol. The lowest BCUT2D eigenvalue weighted by Crippen LogP contribution is -2.36. The van der Waals surface area contributed by atoms with Gasteiger partial charge in [-0.05, 0) is 62.6 Å². The number of ether oxygens (including phenoxy) is 5. The fourth-order valence-electron chi connectivity index (χ4n) is 4.29. The second-order valence-corrected chi connectivity index (χ2v) is 11.1. The van der Waals surface area contributed by atoms with Gasteiger partial charge in [0.15, 0.2) is 5.60 Å². The zero-order chi connectivity index (χ0) is 33.4. The molecule has 0 saturated carbocycles. The van der Waals surface area contributed by atoms with Crippen LogP contribution in [0.5, 0.6) is 11.5 Å². The van der Waals surface area contributed by atoms with Crippen molar-refractivity contribution in [3.63, 3.8) is 0 Å². The van der Waals surface area contributed by atoms with E-state index in [-0.39, 0.29) is 30.9 Å². The molecule has 3 aromatic carbocycles. The summed E-state index contributed by atoms with van der Waals surface area (Å²) in [6.07, 6.45) is -2.02. The summed E-state index contributed by atoms with van der Waals surface area (Å²) in [4.78, 5) is 25.7. The van der Waals surface area contributed by atoms with E-state index in [1.54, 1.807) is 64.1 Å². The van der Waals surface area contributed by atoms with Gasteiger partial charge in [0.2, 0.25) is 0 Å². The molecule has 0 radical (unpaired) electrons. The lowest BCUT2D eigenvalue weighted by Gasteiger charge is -2.26. The SMILES string of the molecule is C=CCOC(=O)C(C)(OC)c1ccc(-c2ccc(OCc3ccc(C(F)(F)F)c(OCC=C)c3C(=O)OC(C)(C)C)cc2)cc1. The molecule has 0 aliphatic heterocycles. The van der Waals surface area contributed by atoms with Crippen LogP contribution in [0.3, 0.4) is 0 Å². The maximum absolute atomic E-state index is 13.9. The average Bonchev–Trinajstić information content (AvgIpc) is 2.99. The van der Waals surface area contributed by atoms with Crippen LogP contribution in [0.4, 0.5) is 13.2 Å². The summed E-state index contributed by atoms with van der Waals surface area (Å²) in [6, 6.07) is 16.2. The van der Waals surface area contributed by atoms with E-state index < -0.39 is 40.6 Å². The summed E-state index contributed by atoms with van der Waals surface area (Å²) in [5.41, 5.74) is -1.29. The molecule has 3 aromatic rings. The third-order valence-electron chi connectivity index (χ3n) is 6.65. The first kappa shape index (κ1) is 34.9. The van der Waals surface area contributed by atoms with E-state index in [2.05, 4.69) is 13.2 Å². The number of carbonyl (C=O) groups excluding carboxylic acids is 2. The van der Waals surface area contributed by atoms with E-state index in [1.165, 1.54) is 25.3 Å². The monoisotopic (exact) mass is 626 g/mol. The number of methoxy groups -OCH3 is 1. The van der Waals surface area contributed by atoms with Crippen molar-refractivity contribution < 1.29 is 46.4 Å². The Morgan fingerprint density at radius 1 is 0.800 bits per heavy atom. The third kappa shape index (κ3) is 8.76. The molecule has 0 saturated heterocycles. The summed E-state index contributed by atoms with van der Waals surface area (Å²) in [5, 5.41) is 0. The Kier molecular flexibility index (Phi) is 11.2. The number of hydrogen-bond acceptors (Lipinski definition) is 7. The van der Waals surface area contributed by atoms with Gasteiger partial charge in [0.05, 0.1) is 5.56 Å². The molecule has 0 amide bonds. The van der Waals surface area contributed by atoms with Crippen molar-refractivity contribution in [2.75, 3.05) is 20.3 Å². The molecule has 0 spiro atoms. The van der Waals surface area contributed by atoms with Gasteiger partial charge in [-0.2, -0.15) is 13.2 Å². The zero-order valence-electron chi connectivity index (χ0n) is 26.0. The fraction of sp³-hybridized carbons (Fsp3) is 0.314. The van der Waals surface area contributed by atoms with Crippen molar-refractivity contribution in [2.45, 2.75) is 51.7 Å². The second-order valence-electron chi connectivity index (χ2n) is 11.1. The van der Waals surface area contributed by atoms with Gasteiger partial charge in [0.25, 0.3) is 0 Å². The zero-order valence-corrected chi connectivity index (χ0v) is 26.0. The molecule has 0 aliphatic rings. The van der Waals surface area contributed by atoms with Gasteiger partial charge in [-0.15, -0.1) is 0 Å². The largest absolute Gasteiger partial charge is 0.489 e. The van der Waals surface area contributed by atoms with Gasteiger partial charge < -0.3 is 23.7 Å². The van der Waals surface area contributed by atoms with Crippen LogP contribution in [0, 0.1) is 0 Å². The molecule has 0 aromatic heterocycles. The summed E-state index contributed by atoms with van der Waals surface area (Å²) in [7, 11) is 1.43. The molecule has 240 valence electrons. The number of benzene rings is 3. The van der Waals surface area contributed by atoms with Crippen molar-refractivity contribution in [3.8, 4) is 22.6 Å². The highest BCUT2D eigenvalue weighted by molar-refractivity contribution is 5.95. The lowest BCUT2D eigenvalue weighted by molar-refractivity contribution is -0.167. The number of esters is 2. The number of carbonyl (C=O) groups is 2. The summed E-state index contributed by atoms with van der Waals surface area (Å²) >= 11 is 0. The van der Waals surface area contributed by atoms with Crippen LogP contribution in [-0.4, -0.2) is 37.9 Å². The van der Waals surface area contributed by atoms with Crippen LogP contribution >= 0.6 is 0 Å². The van der Waals surface area contributed by atoms with Gasteiger partial charge in [-0.25, -0.2) is 9.59 Å². The summed E-state index contributed by atoms with van der Waals surface area (Å²) in [6.45, 7) is 13.1. The predicted octanol–water partition coefficient (Wildman–Crippen LogP) is 8.06. The minimum absolute atomic E-state index is 0.0652. The van der Waals surface area contributed by atoms with Crippen LogP contribution in [0.2, 0.25) is 0 Å². The second kappa shape index (κ2) is 14.5. The summed E-state index contributed by atoms with van der Waals surface area (Å²) in [5.74, 6) is -1.74. The van der Waals surface area contributed by atoms with Crippen LogP contribution in [0.1, 0.15) is 54.7 Å². The van der Waals surface area contributed by atoms with Crippen molar-refractivity contribution in [1.82, 2.24) is 0 Å². The molecule has 10 heteroatoms. The molecule has 0 bridgehead atoms. The minimum Gasteiger partial charge on any atom is -0.489 e. The lowest BCUT2D eigenvalue weighted by atomic mass is 9.93. The molecule has 45 heavy (non-hydrogen) atoms. The van der Waals surface area contributed by atoms with E-state index in [0.717, 1.165) is 17.2 Å². The average molecular weight is 627 g/mol. The Balaban J connectivity index is 1.86. The van der Waals surface area contributed by atoms with Crippen molar-refractivity contribution in [2.24, 2.45) is 0 Å². The van der Waals surface area contributed by atoms with Crippen LogP contribution in [-0.2, 0) is 37.4 Å². The molecular weight excluding hydrogens is 589 g/mol. The molecule has 3 rings (SSSR count).